The molecule has 6 nitrogen and oxygen atoms in total. The van der Waals surface area contributed by atoms with Crippen LogP contribution in [0, 0.1) is 0 Å². The molecule has 5 heterocycles. The Morgan fingerprint density at radius 3 is 1.71 bits per heavy atom. The van der Waals surface area contributed by atoms with Crippen LogP contribution in [0.2, 0.25) is 0 Å². The van der Waals surface area contributed by atoms with Gasteiger partial charge in [0.15, 0.2) is 11.6 Å². The third-order valence-electron chi connectivity index (χ3n) is 14.0. The van der Waals surface area contributed by atoms with Crippen molar-refractivity contribution in [2.24, 2.45) is 0 Å². The van der Waals surface area contributed by atoms with Gasteiger partial charge in [0.2, 0.25) is 5.95 Å². The number of furan rings is 1. The van der Waals surface area contributed by atoms with Crippen LogP contribution in [0.25, 0.3) is 142 Å². The Kier molecular flexibility index (Phi) is 8.43. The highest BCUT2D eigenvalue weighted by atomic mass is 32.1. The van der Waals surface area contributed by atoms with Crippen LogP contribution in [0.15, 0.2) is 229 Å². The van der Waals surface area contributed by atoms with Gasteiger partial charge in [0, 0.05) is 69.3 Å². The minimum Gasteiger partial charge on any atom is -0.456 e. The van der Waals surface area contributed by atoms with Gasteiger partial charge in [-0.2, -0.15) is 9.97 Å². The SMILES string of the molecule is c1ccc(-c2nc(-c3cccc4c3sc3ccccc34)nc(-n3c4ccccc4c4cc(-c5cccc6oc7ccc(-c8ccc9c(c8)c8ccccc8n9-c8ccccc8)cc7c56)ccc43)n2)cc1. The van der Waals surface area contributed by atoms with Crippen molar-refractivity contribution in [2.45, 2.75) is 0 Å². The monoisotopic (exact) mass is 911 g/mol. The number of hydrogen-bond acceptors (Lipinski definition) is 5. The highest BCUT2D eigenvalue weighted by Crippen LogP contribution is 2.43. The predicted octanol–water partition coefficient (Wildman–Crippen LogP) is 17.0. The molecule has 0 N–H and O–H groups in total. The normalized spacial score (nSPS) is 12.0. The van der Waals surface area contributed by atoms with E-state index in [1.54, 1.807) is 11.3 Å². The molecule has 70 heavy (non-hydrogen) atoms. The predicted molar refractivity (Wildman–Crippen MR) is 290 cm³/mol. The first-order valence-electron chi connectivity index (χ1n) is 23.5. The van der Waals surface area contributed by atoms with Crippen molar-refractivity contribution in [3.05, 3.63) is 224 Å². The van der Waals surface area contributed by atoms with Crippen molar-refractivity contribution in [3.63, 3.8) is 0 Å². The first kappa shape index (κ1) is 38.9. The van der Waals surface area contributed by atoms with Gasteiger partial charge in [-0.15, -0.1) is 11.3 Å². The standard InChI is InChI=1S/C63H37N5OS/c1-3-15-38(16-4-1)61-64-62(48-24-13-23-47-46-21-9-12-28-58(46)70-60(47)48)66-63(65-61)68-53-26-11-8-20-45(53)50-37-41(30-33-55(50)68)43-22-14-27-57-59(43)51-36-40(31-34-56(51)69-57)39-29-32-54-49(35-39)44-19-7-10-25-52(44)67(54)42-17-5-2-6-18-42/h1-37H. The van der Waals surface area contributed by atoms with Crippen molar-refractivity contribution in [1.82, 2.24) is 24.1 Å². The van der Waals surface area contributed by atoms with E-state index in [1.165, 1.54) is 37.3 Å². The molecule has 326 valence electrons. The largest absolute Gasteiger partial charge is 0.456 e. The lowest BCUT2D eigenvalue weighted by atomic mass is 9.96. The van der Waals surface area contributed by atoms with Gasteiger partial charge < -0.3 is 8.98 Å². The zero-order valence-electron chi connectivity index (χ0n) is 37.4. The fourth-order valence-corrected chi connectivity index (χ4v) is 12.0. The van der Waals surface area contributed by atoms with Gasteiger partial charge >= 0.3 is 0 Å². The molecule has 0 unspecified atom stereocenters. The number of aromatic nitrogens is 5. The summed E-state index contributed by atoms with van der Waals surface area (Å²) in [5.41, 5.74) is 13.7. The maximum atomic E-state index is 6.62. The second kappa shape index (κ2) is 15.2. The molecule has 5 aromatic heterocycles. The van der Waals surface area contributed by atoms with E-state index >= 15 is 0 Å². The van der Waals surface area contributed by atoms with Crippen LogP contribution in [0.1, 0.15) is 0 Å². The fraction of sp³-hybridized carbons (Fsp3) is 0. The van der Waals surface area contributed by atoms with Gasteiger partial charge in [0.1, 0.15) is 11.2 Å². The molecule has 0 aliphatic carbocycles. The summed E-state index contributed by atoms with van der Waals surface area (Å²) in [4.78, 5) is 15.8. The molecule has 0 atom stereocenters. The highest BCUT2D eigenvalue weighted by Gasteiger charge is 2.22. The van der Waals surface area contributed by atoms with E-state index in [0.29, 0.717) is 17.6 Å². The zero-order valence-corrected chi connectivity index (χ0v) is 38.2. The smallest absolute Gasteiger partial charge is 0.238 e. The van der Waals surface area contributed by atoms with E-state index in [1.807, 2.05) is 18.2 Å². The van der Waals surface area contributed by atoms with Gasteiger partial charge in [0.25, 0.3) is 0 Å². The van der Waals surface area contributed by atoms with E-state index in [2.05, 4.69) is 215 Å². The van der Waals surface area contributed by atoms with Crippen LogP contribution in [0.4, 0.5) is 0 Å². The Morgan fingerprint density at radius 2 is 0.914 bits per heavy atom. The molecule has 15 rings (SSSR count). The van der Waals surface area contributed by atoms with Crippen molar-refractivity contribution in [2.75, 3.05) is 0 Å². The first-order chi connectivity index (χ1) is 34.7. The Labute approximate surface area is 404 Å². The Balaban J connectivity index is 0.892. The summed E-state index contributed by atoms with van der Waals surface area (Å²) < 4.78 is 13.6. The molecule has 0 spiro atoms. The fourth-order valence-electron chi connectivity index (χ4n) is 10.8. The van der Waals surface area contributed by atoms with Crippen LogP contribution >= 0.6 is 11.3 Å². The lowest BCUT2D eigenvalue weighted by molar-refractivity contribution is 0.669. The molecule has 0 saturated heterocycles. The molecule has 0 amide bonds. The second-order valence-electron chi connectivity index (χ2n) is 17.9. The molecule has 7 heteroatoms. The maximum absolute atomic E-state index is 6.62. The van der Waals surface area contributed by atoms with Crippen LogP contribution < -0.4 is 0 Å². The highest BCUT2D eigenvalue weighted by molar-refractivity contribution is 7.26. The summed E-state index contributed by atoms with van der Waals surface area (Å²) >= 11 is 1.78. The van der Waals surface area contributed by atoms with Crippen molar-refractivity contribution in [3.8, 4) is 56.7 Å². The van der Waals surface area contributed by atoms with E-state index in [0.717, 1.165) is 87.5 Å². The lowest BCUT2D eigenvalue weighted by Gasteiger charge is -2.11. The quantitative estimate of drug-likeness (QED) is 0.167. The van der Waals surface area contributed by atoms with Crippen LogP contribution in [0.3, 0.4) is 0 Å². The van der Waals surface area contributed by atoms with E-state index in [9.17, 15) is 0 Å². The molecule has 10 aromatic carbocycles. The number of para-hydroxylation sites is 3. The number of hydrogen-bond donors (Lipinski definition) is 0. The summed E-state index contributed by atoms with van der Waals surface area (Å²) in [7, 11) is 0. The van der Waals surface area contributed by atoms with E-state index in [-0.39, 0.29) is 0 Å². The van der Waals surface area contributed by atoms with Gasteiger partial charge in [0.05, 0.1) is 22.1 Å². The Morgan fingerprint density at radius 1 is 0.343 bits per heavy atom. The van der Waals surface area contributed by atoms with Gasteiger partial charge in [-0.25, -0.2) is 4.98 Å². The summed E-state index contributed by atoms with van der Waals surface area (Å²) in [5, 5.41) is 9.29. The summed E-state index contributed by atoms with van der Waals surface area (Å²) in [6.07, 6.45) is 0. The van der Waals surface area contributed by atoms with E-state index < -0.39 is 0 Å². The molecular weight excluding hydrogens is 875 g/mol. The Bertz CT molecular complexity index is 4600. The van der Waals surface area contributed by atoms with Gasteiger partial charge in [-0.1, -0.05) is 146 Å². The van der Waals surface area contributed by atoms with Crippen LogP contribution in [-0.2, 0) is 0 Å². The van der Waals surface area contributed by atoms with Crippen molar-refractivity contribution in [1.29, 1.82) is 0 Å². The summed E-state index contributed by atoms with van der Waals surface area (Å²) in [5.74, 6) is 1.83. The van der Waals surface area contributed by atoms with Gasteiger partial charge in [-0.3, -0.25) is 4.57 Å². The number of thiophene rings is 1. The second-order valence-corrected chi connectivity index (χ2v) is 19.0. The molecular formula is C63H37N5OS. The summed E-state index contributed by atoms with van der Waals surface area (Å²) in [6.45, 7) is 0. The molecule has 15 aromatic rings. The van der Waals surface area contributed by atoms with Crippen LogP contribution in [-0.4, -0.2) is 24.1 Å². The minimum absolute atomic E-state index is 0.569. The minimum atomic E-state index is 0.569. The number of rotatable bonds is 6. The molecule has 0 radical (unpaired) electrons. The topological polar surface area (TPSA) is 61.7 Å². The maximum Gasteiger partial charge on any atom is 0.238 e. The molecule has 0 fully saturated rings. The number of nitrogens with zero attached hydrogens (tertiary/aromatic N) is 5. The zero-order chi connectivity index (χ0) is 45.9. The third kappa shape index (κ3) is 5.89. The molecule has 0 aliphatic rings. The number of fused-ring (bicyclic) bond motifs is 12. The first-order valence-corrected chi connectivity index (χ1v) is 24.3. The Hall–Kier alpha value is -9.17. The average molecular weight is 912 g/mol. The average Bonchev–Trinajstić information content (AvgIpc) is 4.18. The van der Waals surface area contributed by atoms with Crippen molar-refractivity contribution < 1.29 is 4.42 Å². The van der Waals surface area contributed by atoms with Crippen molar-refractivity contribution >= 4 is 97.1 Å². The number of benzene rings is 10. The van der Waals surface area contributed by atoms with Crippen LogP contribution in [0.5, 0.6) is 0 Å². The van der Waals surface area contributed by atoms with Gasteiger partial charge in [-0.05, 0) is 101 Å². The molecule has 0 aliphatic heterocycles. The molecule has 0 saturated carbocycles. The summed E-state index contributed by atoms with van der Waals surface area (Å²) in [6, 6.07) is 79.7. The lowest BCUT2D eigenvalue weighted by Crippen LogP contribution is -2.06. The molecule has 0 bridgehead atoms. The third-order valence-corrected chi connectivity index (χ3v) is 15.2. The van der Waals surface area contributed by atoms with E-state index in [4.69, 9.17) is 19.4 Å².